The van der Waals surface area contributed by atoms with Crippen LogP contribution in [0.4, 0.5) is 5.13 Å². The van der Waals surface area contributed by atoms with Crippen molar-refractivity contribution in [3.8, 4) is 0 Å². The second-order valence-electron chi connectivity index (χ2n) is 3.92. The first-order valence-corrected chi connectivity index (χ1v) is 8.03. The van der Waals surface area contributed by atoms with Gasteiger partial charge in [-0.25, -0.2) is 13.6 Å². The lowest BCUT2D eigenvalue weighted by Crippen LogP contribution is -2.11. The van der Waals surface area contributed by atoms with E-state index in [2.05, 4.69) is 15.5 Å². The summed E-state index contributed by atoms with van der Waals surface area (Å²) in [7, 11) is -3.90. The average molecular weight is 312 g/mol. The molecule has 0 aliphatic heterocycles. The molecule has 0 aliphatic carbocycles. The van der Waals surface area contributed by atoms with E-state index in [9.17, 15) is 13.2 Å². The smallest absolute Gasteiger partial charge is 0.267 e. The predicted octanol–water partition coefficient (Wildman–Crippen LogP) is 1.00. The van der Waals surface area contributed by atoms with E-state index in [1.165, 1.54) is 0 Å². The zero-order valence-electron chi connectivity index (χ0n) is 10.5. The molecule has 0 radical (unpaired) electrons. The number of hydrogen-bond donors (Lipinski definition) is 2. The summed E-state index contributed by atoms with van der Waals surface area (Å²) < 4.78 is 21.8. The SMILES string of the molecule is CCc1ccc(C(=O)Nc2nnc(S(N)(=O)=O)s2)cc1. The van der Waals surface area contributed by atoms with Crippen molar-refractivity contribution >= 4 is 32.4 Å². The lowest BCUT2D eigenvalue weighted by molar-refractivity contribution is 0.102. The van der Waals surface area contributed by atoms with Gasteiger partial charge in [-0.05, 0) is 24.1 Å². The molecule has 0 unspecified atom stereocenters. The Hall–Kier alpha value is -1.84. The number of aryl methyl sites for hydroxylation is 1. The van der Waals surface area contributed by atoms with E-state index in [1.807, 2.05) is 19.1 Å². The summed E-state index contributed by atoms with van der Waals surface area (Å²) >= 11 is 0.703. The van der Waals surface area contributed by atoms with Gasteiger partial charge in [0, 0.05) is 5.56 Å². The van der Waals surface area contributed by atoms with Crippen LogP contribution in [-0.2, 0) is 16.4 Å². The molecule has 0 atom stereocenters. The molecule has 1 aromatic carbocycles. The van der Waals surface area contributed by atoms with E-state index >= 15 is 0 Å². The molecule has 0 saturated carbocycles. The Labute approximate surface area is 119 Å². The van der Waals surface area contributed by atoms with Crippen LogP contribution in [0.25, 0.3) is 0 Å². The van der Waals surface area contributed by atoms with Crippen LogP contribution in [0.5, 0.6) is 0 Å². The third kappa shape index (κ3) is 3.38. The van der Waals surface area contributed by atoms with Crippen molar-refractivity contribution in [2.45, 2.75) is 17.7 Å². The number of hydrogen-bond acceptors (Lipinski definition) is 6. The minimum atomic E-state index is -3.90. The molecule has 1 aromatic heterocycles. The number of amides is 1. The van der Waals surface area contributed by atoms with Gasteiger partial charge in [0.1, 0.15) is 0 Å². The molecule has 106 valence electrons. The van der Waals surface area contributed by atoms with Gasteiger partial charge in [-0.15, -0.1) is 10.2 Å². The fourth-order valence-electron chi connectivity index (χ4n) is 1.44. The highest BCUT2D eigenvalue weighted by Crippen LogP contribution is 2.19. The lowest BCUT2D eigenvalue weighted by atomic mass is 10.1. The molecule has 3 N–H and O–H groups in total. The van der Waals surface area contributed by atoms with E-state index < -0.39 is 10.0 Å². The zero-order chi connectivity index (χ0) is 14.8. The number of sulfonamides is 1. The van der Waals surface area contributed by atoms with Gasteiger partial charge in [-0.2, -0.15) is 0 Å². The maximum Gasteiger partial charge on any atom is 0.267 e. The van der Waals surface area contributed by atoms with Crippen molar-refractivity contribution < 1.29 is 13.2 Å². The molecule has 0 spiro atoms. The van der Waals surface area contributed by atoms with Gasteiger partial charge in [0.15, 0.2) is 0 Å². The number of carbonyl (C=O) groups excluding carboxylic acids is 1. The third-order valence-corrected chi connectivity index (χ3v) is 4.64. The number of nitrogens with zero attached hydrogens (tertiary/aromatic N) is 2. The van der Waals surface area contributed by atoms with Crippen LogP contribution < -0.4 is 10.5 Å². The van der Waals surface area contributed by atoms with Crippen LogP contribution in [0.15, 0.2) is 28.6 Å². The van der Waals surface area contributed by atoms with E-state index in [0.717, 1.165) is 12.0 Å². The Balaban J connectivity index is 2.13. The molecular formula is C11H12N4O3S2. The first-order chi connectivity index (χ1) is 9.40. The average Bonchev–Trinajstić information content (AvgIpc) is 2.87. The molecule has 1 heterocycles. The number of anilines is 1. The summed E-state index contributed by atoms with van der Waals surface area (Å²) in [5, 5.41) is 14.4. The number of nitrogens with two attached hydrogens (primary N) is 1. The first kappa shape index (κ1) is 14.6. The highest BCUT2D eigenvalue weighted by Gasteiger charge is 2.16. The summed E-state index contributed by atoms with van der Waals surface area (Å²) in [4.78, 5) is 11.9. The van der Waals surface area contributed by atoms with Gasteiger partial charge in [0.25, 0.3) is 15.9 Å². The number of rotatable bonds is 4. The standard InChI is InChI=1S/C11H12N4O3S2/c1-2-7-3-5-8(6-4-7)9(16)13-10-14-15-11(19-10)20(12,17)18/h3-6H,2H2,1H3,(H2,12,17,18)(H,13,14,16). The van der Waals surface area contributed by atoms with Crippen LogP contribution >= 0.6 is 11.3 Å². The number of carbonyl (C=O) groups is 1. The highest BCUT2D eigenvalue weighted by atomic mass is 32.2. The van der Waals surface area contributed by atoms with Gasteiger partial charge in [-0.3, -0.25) is 10.1 Å². The summed E-state index contributed by atoms with van der Waals surface area (Å²) in [6, 6.07) is 7.08. The fraction of sp³-hybridized carbons (Fsp3) is 0.182. The Morgan fingerprint density at radius 3 is 2.45 bits per heavy atom. The Bertz CT molecular complexity index is 722. The second kappa shape index (κ2) is 5.65. The molecule has 9 heteroatoms. The summed E-state index contributed by atoms with van der Waals surface area (Å²) in [6.07, 6.45) is 0.885. The van der Waals surface area contributed by atoms with Crippen LogP contribution in [0.1, 0.15) is 22.8 Å². The van der Waals surface area contributed by atoms with Crippen molar-refractivity contribution in [2.24, 2.45) is 5.14 Å². The van der Waals surface area contributed by atoms with Crippen LogP contribution in [-0.4, -0.2) is 24.5 Å². The zero-order valence-corrected chi connectivity index (χ0v) is 12.2. The number of nitrogens with one attached hydrogen (secondary N) is 1. The van der Waals surface area contributed by atoms with Crippen molar-refractivity contribution in [2.75, 3.05) is 5.32 Å². The molecular weight excluding hydrogens is 300 g/mol. The van der Waals surface area contributed by atoms with Crippen LogP contribution in [0, 0.1) is 0 Å². The normalized spacial score (nSPS) is 11.3. The molecule has 2 rings (SSSR count). The van der Waals surface area contributed by atoms with Gasteiger partial charge < -0.3 is 0 Å². The highest BCUT2D eigenvalue weighted by molar-refractivity contribution is 7.91. The molecule has 2 aromatic rings. The van der Waals surface area contributed by atoms with Crippen molar-refractivity contribution in [1.29, 1.82) is 0 Å². The maximum atomic E-state index is 11.9. The minimum absolute atomic E-state index is 0.0820. The van der Waals surface area contributed by atoms with E-state index in [0.29, 0.717) is 16.9 Å². The van der Waals surface area contributed by atoms with Gasteiger partial charge in [0.05, 0.1) is 0 Å². The molecule has 0 aliphatic rings. The Kier molecular flexibility index (Phi) is 4.12. The lowest BCUT2D eigenvalue weighted by Gasteiger charge is -2.02. The fourth-order valence-corrected chi connectivity index (χ4v) is 2.76. The van der Waals surface area contributed by atoms with Crippen LogP contribution in [0.2, 0.25) is 0 Å². The van der Waals surface area contributed by atoms with E-state index in [-0.39, 0.29) is 15.4 Å². The quantitative estimate of drug-likeness (QED) is 0.817. The second-order valence-corrected chi connectivity index (χ2v) is 6.64. The summed E-state index contributed by atoms with van der Waals surface area (Å²) in [6.45, 7) is 2.02. The van der Waals surface area contributed by atoms with Crippen LogP contribution in [0.3, 0.4) is 0 Å². The first-order valence-electron chi connectivity index (χ1n) is 5.66. The maximum absolute atomic E-state index is 11.9. The molecule has 0 fully saturated rings. The van der Waals surface area contributed by atoms with Gasteiger partial charge in [-0.1, -0.05) is 30.4 Å². The van der Waals surface area contributed by atoms with E-state index in [1.54, 1.807) is 12.1 Å². The Morgan fingerprint density at radius 2 is 1.95 bits per heavy atom. The summed E-state index contributed by atoms with van der Waals surface area (Å²) in [5.41, 5.74) is 1.57. The van der Waals surface area contributed by atoms with Crippen molar-refractivity contribution in [3.05, 3.63) is 35.4 Å². The topological polar surface area (TPSA) is 115 Å². The molecule has 7 nitrogen and oxygen atoms in total. The summed E-state index contributed by atoms with van der Waals surface area (Å²) in [5.74, 6) is -0.384. The molecule has 0 saturated heterocycles. The minimum Gasteiger partial charge on any atom is -0.296 e. The third-order valence-electron chi connectivity index (χ3n) is 2.49. The molecule has 20 heavy (non-hydrogen) atoms. The van der Waals surface area contributed by atoms with Crippen molar-refractivity contribution in [1.82, 2.24) is 10.2 Å². The van der Waals surface area contributed by atoms with Gasteiger partial charge >= 0.3 is 0 Å². The van der Waals surface area contributed by atoms with Crippen molar-refractivity contribution in [3.63, 3.8) is 0 Å². The number of benzene rings is 1. The largest absolute Gasteiger partial charge is 0.296 e. The van der Waals surface area contributed by atoms with Gasteiger partial charge in [0.2, 0.25) is 9.47 Å². The number of aromatic nitrogens is 2. The predicted molar refractivity (Wildman–Crippen MR) is 75.1 cm³/mol. The monoisotopic (exact) mass is 312 g/mol. The Morgan fingerprint density at radius 1 is 1.30 bits per heavy atom. The molecule has 0 bridgehead atoms. The van der Waals surface area contributed by atoms with E-state index in [4.69, 9.17) is 5.14 Å². The number of primary sulfonamides is 1. The molecule has 1 amide bonds.